The van der Waals surface area contributed by atoms with Crippen LogP contribution in [0.2, 0.25) is 0 Å². The summed E-state index contributed by atoms with van der Waals surface area (Å²) >= 11 is 0. The standard InChI is InChI=1S/C12H20FN/c13-12(8-5-9-14-10-12)11-6-3-1-2-4-7-11/h6,14H,1-5,7-10H2. The molecule has 0 amide bonds. The Labute approximate surface area is 85.8 Å². The second-order valence-corrected chi connectivity index (χ2v) is 4.57. The molecule has 1 unspecified atom stereocenters. The van der Waals surface area contributed by atoms with Gasteiger partial charge in [0.05, 0.1) is 0 Å². The molecule has 1 atom stereocenters. The van der Waals surface area contributed by atoms with Crippen molar-refractivity contribution in [3.63, 3.8) is 0 Å². The van der Waals surface area contributed by atoms with Crippen molar-refractivity contribution in [2.24, 2.45) is 0 Å². The molecule has 0 radical (unpaired) electrons. The number of hydrogen-bond acceptors (Lipinski definition) is 1. The molecule has 0 aromatic carbocycles. The van der Waals surface area contributed by atoms with Crippen LogP contribution in [0.1, 0.15) is 44.9 Å². The summed E-state index contributed by atoms with van der Waals surface area (Å²) in [5.41, 5.74) is 0.0741. The topological polar surface area (TPSA) is 12.0 Å². The monoisotopic (exact) mass is 197 g/mol. The third-order valence-electron chi connectivity index (χ3n) is 3.45. The van der Waals surface area contributed by atoms with E-state index in [4.69, 9.17) is 0 Å². The number of piperidine rings is 1. The van der Waals surface area contributed by atoms with Gasteiger partial charge < -0.3 is 5.32 Å². The van der Waals surface area contributed by atoms with Crippen LogP contribution in [0.3, 0.4) is 0 Å². The third kappa shape index (κ3) is 2.17. The molecular formula is C12H20FN. The smallest absolute Gasteiger partial charge is 0.144 e. The van der Waals surface area contributed by atoms with E-state index in [9.17, 15) is 4.39 Å². The summed E-state index contributed by atoms with van der Waals surface area (Å²) in [7, 11) is 0. The zero-order chi connectivity index (χ0) is 9.86. The van der Waals surface area contributed by atoms with Crippen LogP contribution in [-0.4, -0.2) is 18.8 Å². The highest BCUT2D eigenvalue weighted by atomic mass is 19.1. The molecule has 1 saturated heterocycles. The Morgan fingerprint density at radius 2 is 2.14 bits per heavy atom. The minimum atomic E-state index is -1.01. The number of allylic oxidation sites excluding steroid dienone is 1. The fourth-order valence-corrected chi connectivity index (χ4v) is 2.56. The van der Waals surface area contributed by atoms with Crippen molar-refractivity contribution in [1.29, 1.82) is 0 Å². The fourth-order valence-electron chi connectivity index (χ4n) is 2.56. The summed E-state index contributed by atoms with van der Waals surface area (Å²) in [5, 5.41) is 3.18. The molecule has 2 rings (SSSR count). The third-order valence-corrected chi connectivity index (χ3v) is 3.45. The first-order chi connectivity index (χ1) is 6.81. The lowest BCUT2D eigenvalue weighted by Crippen LogP contribution is -2.43. The van der Waals surface area contributed by atoms with Crippen molar-refractivity contribution in [2.45, 2.75) is 50.6 Å². The van der Waals surface area contributed by atoms with Gasteiger partial charge in [-0.15, -0.1) is 0 Å². The zero-order valence-electron chi connectivity index (χ0n) is 8.82. The molecule has 1 aliphatic heterocycles. The summed E-state index contributed by atoms with van der Waals surface area (Å²) in [5.74, 6) is 0. The van der Waals surface area contributed by atoms with Crippen molar-refractivity contribution < 1.29 is 4.39 Å². The minimum Gasteiger partial charge on any atom is -0.313 e. The average Bonchev–Trinajstić information content (AvgIpc) is 2.47. The van der Waals surface area contributed by atoms with Crippen LogP contribution < -0.4 is 5.32 Å². The summed E-state index contributed by atoms with van der Waals surface area (Å²) < 4.78 is 14.5. The van der Waals surface area contributed by atoms with Crippen LogP contribution in [0.5, 0.6) is 0 Å². The minimum absolute atomic E-state index is 0.541. The molecule has 1 nitrogen and oxygen atoms in total. The van der Waals surface area contributed by atoms with E-state index in [0.717, 1.165) is 37.8 Å². The summed E-state index contributed by atoms with van der Waals surface area (Å²) in [6.45, 7) is 1.53. The summed E-state index contributed by atoms with van der Waals surface area (Å²) in [4.78, 5) is 0. The molecule has 0 saturated carbocycles. The molecule has 1 fully saturated rings. The van der Waals surface area contributed by atoms with Crippen LogP contribution >= 0.6 is 0 Å². The molecule has 0 spiro atoms. The highest BCUT2D eigenvalue weighted by Crippen LogP contribution is 2.34. The zero-order valence-corrected chi connectivity index (χ0v) is 8.82. The lowest BCUT2D eigenvalue weighted by molar-refractivity contribution is 0.159. The van der Waals surface area contributed by atoms with Gasteiger partial charge in [-0.05, 0) is 50.6 Å². The van der Waals surface area contributed by atoms with Gasteiger partial charge in [0.2, 0.25) is 0 Å². The SMILES string of the molecule is FC1(C2=CCCCCC2)CCCNC1. The molecule has 2 heteroatoms. The summed E-state index contributed by atoms with van der Waals surface area (Å²) in [6, 6.07) is 0. The van der Waals surface area contributed by atoms with E-state index >= 15 is 0 Å². The Balaban J connectivity index is 2.06. The summed E-state index contributed by atoms with van der Waals surface area (Å²) in [6.07, 6.45) is 9.63. The lowest BCUT2D eigenvalue weighted by Gasteiger charge is -2.32. The number of nitrogens with one attached hydrogen (secondary N) is 1. The van der Waals surface area contributed by atoms with Gasteiger partial charge in [0, 0.05) is 6.54 Å². The molecule has 0 bridgehead atoms. The maximum atomic E-state index is 14.5. The van der Waals surface area contributed by atoms with Crippen LogP contribution in [-0.2, 0) is 0 Å². The van der Waals surface area contributed by atoms with E-state index < -0.39 is 5.67 Å². The van der Waals surface area contributed by atoms with E-state index in [1.807, 2.05) is 0 Å². The van der Waals surface area contributed by atoms with Gasteiger partial charge in [-0.1, -0.05) is 12.5 Å². The van der Waals surface area contributed by atoms with E-state index in [1.54, 1.807) is 0 Å². The molecular weight excluding hydrogens is 177 g/mol. The van der Waals surface area contributed by atoms with Crippen LogP contribution in [0.25, 0.3) is 0 Å². The van der Waals surface area contributed by atoms with Crippen LogP contribution in [0.4, 0.5) is 4.39 Å². The quantitative estimate of drug-likeness (QED) is 0.637. The van der Waals surface area contributed by atoms with Crippen molar-refractivity contribution in [2.75, 3.05) is 13.1 Å². The molecule has 1 aliphatic carbocycles. The fraction of sp³-hybridized carbons (Fsp3) is 0.833. The Kier molecular flexibility index (Phi) is 3.22. The van der Waals surface area contributed by atoms with Crippen molar-refractivity contribution in [3.8, 4) is 0 Å². The maximum Gasteiger partial charge on any atom is 0.144 e. The van der Waals surface area contributed by atoms with E-state index in [2.05, 4.69) is 11.4 Å². The Morgan fingerprint density at radius 1 is 1.21 bits per heavy atom. The second kappa shape index (κ2) is 4.43. The van der Waals surface area contributed by atoms with Gasteiger partial charge >= 0.3 is 0 Å². The van der Waals surface area contributed by atoms with Crippen LogP contribution in [0.15, 0.2) is 11.6 Å². The lowest BCUT2D eigenvalue weighted by atomic mass is 9.85. The predicted octanol–water partition coefficient (Wildman–Crippen LogP) is 2.97. The van der Waals surface area contributed by atoms with E-state index in [0.29, 0.717) is 6.54 Å². The highest BCUT2D eigenvalue weighted by Gasteiger charge is 2.35. The molecule has 14 heavy (non-hydrogen) atoms. The molecule has 1 N–H and O–H groups in total. The van der Waals surface area contributed by atoms with Gasteiger partial charge in [-0.2, -0.15) is 0 Å². The van der Waals surface area contributed by atoms with Gasteiger partial charge in [0.25, 0.3) is 0 Å². The van der Waals surface area contributed by atoms with E-state index in [1.165, 1.54) is 19.3 Å². The number of halogens is 1. The van der Waals surface area contributed by atoms with Gasteiger partial charge in [0.1, 0.15) is 5.67 Å². The van der Waals surface area contributed by atoms with Crippen molar-refractivity contribution >= 4 is 0 Å². The average molecular weight is 197 g/mol. The van der Waals surface area contributed by atoms with E-state index in [-0.39, 0.29) is 0 Å². The highest BCUT2D eigenvalue weighted by molar-refractivity contribution is 5.19. The van der Waals surface area contributed by atoms with Gasteiger partial charge in [-0.25, -0.2) is 4.39 Å². The van der Waals surface area contributed by atoms with Gasteiger partial charge in [0.15, 0.2) is 0 Å². The largest absolute Gasteiger partial charge is 0.313 e. The Bertz CT molecular complexity index is 216. The first-order valence-electron chi connectivity index (χ1n) is 5.90. The molecule has 0 aromatic rings. The van der Waals surface area contributed by atoms with Crippen molar-refractivity contribution in [3.05, 3.63) is 11.6 Å². The Hall–Kier alpha value is -0.370. The normalized spacial score (nSPS) is 34.8. The van der Waals surface area contributed by atoms with Gasteiger partial charge in [-0.3, -0.25) is 0 Å². The number of rotatable bonds is 1. The number of hydrogen-bond donors (Lipinski definition) is 1. The Morgan fingerprint density at radius 3 is 2.93 bits per heavy atom. The maximum absolute atomic E-state index is 14.5. The molecule has 2 aliphatic rings. The second-order valence-electron chi connectivity index (χ2n) is 4.57. The predicted molar refractivity (Wildman–Crippen MR) is 57.1 cm³/mol. The van der Waals surface area contributed by atoms with Crippen LogP contribution in [0, 0.1) is 0 Å². The molecule has 0 aromatic heterocycles. The first-order valence-corrected chi connectivity index (χ1v) is 5.90. The van der Waals surface area contributed by atoms with Crippen molar-refractivity contribution in [1.82, 2.24) is 5.32 Å². The molecule has 1 heterocycles. The molecule has 80 valence electrons. The number of alkyl halides is 1. The first kappa shape index (κ1) is 10.2.